The quantitative estimate of drug-likeness (QED) is 0.768. The second-order valence-corrected chi connectivity index (χ2v) is 5.38. The van der Waals surface area contributed by atoms with E-state index in [-0.39, 0.29) is 5.97 Å². The molecule has 19 heavy (non-hydrogen) atoms. The Balaban J connectivity index is 2.49. The van der Waals surface area contributed by atoms with Crippen molar-refractivity contribution in [2.45, 2.75) is 58.5 Å². The molecule has 5 nitrogen and oxygen atoms in total. The van der Waals surface area contributed by atoms with Crippen molar-refractivity contribution in [3.05, 3.63) is 18.2 Å². The highest BCUT2D eigenvalue weighted by Gasteiger charge is 2.29. The Morgan fingerprint density at radius 2 is 2.26 bits per heavy atom. The number of nitrogens with zero attached hydrogens (tertiary/aromatic N) is 2. The zero-order chi connectivity index (χ0) is 14.5. The number of nitrogens with two attached hydrogens (primary N) is 1. The lowest BCUT2D eigenvalue weighted by molar-refractivity contribution is -0.149. The zero-order valence-corrected chi connectivity index (χ0v) is 12.3. The van der Waals surface area contributed by atoms with Gasteiger partial charge in [-0.2, -0.15) is 0 Å². The molecule has 1 aromatic rings. The third kappa shape index (κ3) is 4.35. The van der Waals surface area contributed by atoms with Crippen LogP contribution in [0.25, 0.3) is 0 Å². The monoisotopic (exact) mass is 267 g/mol. The molecule has 0 spiro atoms. The summed E-state index contributed by atoms with van der Waals surface area (Å²) in [6, 6.07) is 0. The van der Waals surface area contributed by atoms with Gasteiger partial charge >= 0.3 is 5.97 Å². The maximum Gasteiger partial charge on any atom is 0.325 e. The molecular formula is C14H25N3O2. The van der Waals surface area contributed by atoms with Gasteiger partial charge < -0.3 is 15.0 Å². The van der Waals surface area contributed by atoms with Crippen molar-refractivity contribution >= 4 is 5.97 Å². The van der Waals surface area contributed by atoms with Gasteiger partial charge in [0.25, 0.3) is 0 Å². The smallest absolute Gasteiger partial charge is 0.325 e. The summed E-state index contributed by atoms with van der Waals surface area (Å²) in [5.74, 6) is 1.13. The summed E-state index contributed by atoms with van der Waals surface area (Å²) < 4.78 is 7.09. The second kappa shape index (κ2) is 6.70. The number of rotatable bonds is 7. The molecule has 0 aliphatic rings. The van der Waals surface area contributed by atoms with Gasteiger partial charge in [0.2, 0.25) is 0 Å². The fraction of sp³-hybridized carbons (Fsp3) is 0.714. The van der Waals surface area contributed by atoms with Gasteiger partial charge in [-0.05, 0) is 26.7 Å². The highest BCUT2D eigenvalue weighted by Crippen LogP contribution is 2.15. The van der Waals surface area contributed by atoms with Gasteiger partial charge in [0.1, 0.15) is 11.4 Å². The van der Waals surface area contributed by atoms with E-state index in [1.165, 1.54) is 0 Å². The van der Waals surface area contributed by atoms with E-state index in [0.29, 0.717) is 18.9 Å². The Hall–Kier alpha value is -1.36. The van der Waals surface area contributed by atoms with Gasteiger partial charge in [0, 0.05) is 24.9 Å². The largest absolute Gasteiger partial charge is 0.465 e. The zero-order valence-electron chi connectivity index (χ0n) is 12.3. The number of hydrogen-bond donors (Lipinski definition) is 1. The van der Waals surface area contributed by atoms with Crippen LogP contribution in [0.2, 0.25) is 0 Å². The molecule has 0 fully saturated rings. The minimum Gasteiger partial charge on any atom is -0.465 e. The number of esters is 1. The maximum absolute atomic E-state index is 11.7. The first kappa shape index (κ1) is 15.7. The molecule has 0 saturated heterocycles. The lowest BCUT2D eigenvalue weighted by Crippen LogP contribution is -2.46. The number of imidazole rings is 1. The van der Waals surface area contributed by atoms with Crippen molar-refractivity contribution in [2.75, 3.05) is 6.61 Å². The minimum absolute atomic E-state index is 0.329. The van der Waals surface area contributed by atoms with E-state index in [0.717, 1.165) is 18.8 Å². The maximum atomic E-state index is 11.7. The fourth-order valence-electron chi connectivity index (χ4n) is 2.03. The van der Waals surface area contributed by atoms with Crippen molar-refractivity contribution in [3.63, 3.8) is 0 Å². The van der Waals surface area contributed by atoms with Gasteiger partial charge in [-0.15, -0.1) is 0 Å². The van der Waals surface area contributed by atoms with Gasteiger partial charge in [-0.25, -0.2) is 4.98 Å². The lowest BCUT2D eigenvalue weighted by Gasteiger charge is -2.22. The number of carbonyl (C=O) groups is 1. The topological polar surface area (TPSA) is 70.1 Å². The summed E-state index contributed by atoms with van der Waals surface area (Å²) in [6.45, 7) is 8.93. The standard InChI is InChI=1S/C14H25N3O2/c1-5-19-13(18)14(4,15)7-6-9-17-10-8-16-12(17)11(2)3/h8,10-11H,5-7,9,15H2,1-4H3. The summed E-state index contributed by atoms with van der Waals surface area (Å²) in [7, 11) is 0. The minimum atomic E-state index is -0.908. The SMILES string of the molecule is CCOC(=O)C(C)(N)CCCn1ccnc1C(C)C. The van der Waals surface area contributed by atoms with E-state index in [9.17, 15) is 4.79 Å². The third-order valence-electron chi connectivity index (χ3n) is 3.10. The fourth-order valence-corrected chi connectivity index (χ4v) is 2.03. The molecule has 5 heteroatoms. The van der Waals surface area contributed by atoms with E-state index in [1.807, 2.05) is 12.4 Å². The first-order chi connectivity index (χ1) is 8.88. The van der Waals surface area contributed by atoms with E-state index >= 15 is 0 Å². The number of aromatic nitrogens is 2. The lowest BCUT2D eigenvalue weighted by atomic mass is 9.97. The average molecular weight is 267 g/mol. The summed E-state index contributed by atoms with van der Waals surface area (Å²) >= 11 is 0. The van der Waals surface area contributed by atoms with Crippen LogP contribution in [0, 0.1) is 0 Å². The molecule has 0 amide bonds. The molecule has 1 rings (SSSR count). The summed E-state index contributed by atoms with van der Waals surface area (Å²) in [5.41, 5.74) is 5.08. The predicted molar refractivity (Wildman–Crippen MR) is 74.8 cm³/mol. The molecule has 0 bridgehead atoms. The normalized spacial score (nSPS) is 14.4. The highest BCUT2D eigenvalue weighted by molar-refractivity contribution is 5.79. The molecule has 108 valence electrons. The predicted octanol–water partition coefficient (Wildman–Crippen LogP) is 2.07. The van der Waals surface area contributed by atoms with Crippen LogP contribution < -0.4 is 5.73 Å². The summed E-state index contributed by atoms with van der Waals surface area (Å²) in [4.78, 5) is 16.0. The molecule has 1 heterocycles. The Morgan fingerprint density at radius 1 is 1.58 bits per heavy atom. The van der Waals surface area contributed by atoms with Crippen LogP contribution in [0.3, 0.4) is 0 Å². The Morgan fingerprint density at radius 3 is 2.84 bits per heavy atom. The molecule has 0 aliphatic carbocycles. The Bertz CT molecular complexity index is 411. The first-order valence-electron chi connectivity index (χ1n) is 6.85. The van der Waals surface area contributed by atoms with Gasteiger partial charge in [0.05, 0.1) is 6.61 Å². The molecule has 1 unspecified atom stereocenters. The van der Waals surface area contributed by atoms with Crippen molar-refractivity contribution < 1.29 is 9.53 Å². The van der Waals surface area contributed by atoms with E-state index in [2.05, 4.69) is 23.4 Å². The molecular weight excluding hydrogens is 242 g/mol. The van der Waals surface area contributed by atoms with Crippen molar-refractivity contribution in [3.8, 4) is 0 Å². The van der Waals surface area contributed by atoms with Crippen LogP contribution in [0.1, 0.15) is 52.3 Å². The number of aryl methyl sites for hydroxylation is 1. The molecule has 0 aliphatic heterocycles. The average Bonchev–Trinajstić information content (AvgIpc) is 2.77. The van der Waals surface area contributed by atoms with Crippen LogP contribution in [-0.4, -0.2) is 27.7 Å². The van der Waals surface area contributed by atoms with Crippen molar-refractivity contribution in [2.24, 2.45) is 5.73 Å². The van der Waals surface area contributed by atoms with Crippen molar-refractivity contribution in [1.82, 2.24) is 9.55 Å². The van der Waals surface area contributed by atoms with Crippen LogP contribution >= 0.6 is 0 Å². The van der Waals surface area contributed by atoms with Crippen LogP contribution in [0.15, 0.2) is 12.4 Å². The van der Waals surface area contributed by atoms with Crippen LogP contribution in [0.5, 0.6) is 0 Å². The number of ether oxygens (including phenoxy) is 1. The molecule has 1 aromatic heterocycles. The molecule has 2 N–H and O–H groups in total. The first-order valence-corrected chi connectivity index (χ1v) is 6.85. The van der Waals surface area contributed by atoms with Crippen LogP contribution in [0.4, 0.5) is 0 Å². The van der Waals surface area contributed by atoms with Gasteiger partial charge in [-0.1, -0.05) is 13.8 Å². The van der Waals surface area contributed by atoms with Gasteiger partial charge in [-0.3, -0.25) is 4.79 Å². The summed E-state index contributed by atoms with van der Waals surface area (Å²) in [6.07, 6.45) is 5.19. The van der Waals surface area contributed by atoms with E-state index in [4.69, 9.17) is 10.5 Å². The van der Waals surface area contributed by atoms with E-state index in [1.54, 1.807) is 13.8 Å². The van der Waals surface area contributed by atoms with E-state index < -0.39 is 5.54 Å². The third-order valence-corrected chi connectivity index (χ3v) is 3.10. The Kier molecular flexibility index (Phi) is 5.54. The van der Waals surface area contributed by atoms with Crippen molar-refractivity contribution in [1.29, 1.82) is 0 Å². The van der Waals surface area contributed by atoms with Gasteiger partial charge in [0.15, 0.2) is 0 Å². The molecule has 1 atom stereocenters. The summed E-state index contributed by atoms with van der Waals surface area (Å²) in [5, 5.41) is 0. The second-order valence-electron chi connectivity index (χ2n) is 5.38. The molecule has 0 aromatic carbocycles. The number of hydrogen-bond acceptors (Lipinski definition) is 4. The number of carbonyl (C=O) groups excluding carboxylic acids is 1. The molecule has 0 saturated carbocycles. The molecule has 0 radical (unpaired) electrons. The Labute approximate surface area is 115 Å². The highest BCUT2D eigenvalue weighted by atomic mass is 16.5. The van der Waals surface area contributed by atoms with Crippen LogP contribution in [-0.2, 0) is 16.1 Å².